The topological polar surface area (TPSA) is 75.6 Å². The van der Waals surface area contributed by atoms with E-state index in [-0.39, 0.29) is 12.2 Å². The van der Waals surface area contributed by atoms with Crippen LogP contribution in [0.3, 0.4) is 0 Å². The maximum absolute atomic E-state index is 9.58. The lowest BCUT2D eigenvalue weighted by atomic mass is 10.0. The van der Waals surface area contributed by atoms with Gasteiger partial charge in [-0.3, -0.25) is 0 Å². The van der Waals surface area contributed by atoms with Crippen molar-refractivity contribution >= 4 is 22.6 Å². The van der Waals surface area contributed by atoms with Gasteiger partial charge in [-0.05, 0) is 77.7 Å². The first kappa shape index (κ1) is 22.8. The van der Waals surface area contributed by atoms with Crippen molar-refractivity contribution in [3.63, 3.8) is 0 Å². The number of ether oxygens (including phenoxy) is 6. The zero-order valence-electron chi connectivity index (χ0n) is 17.7. The summed E-state index contributed by atoms with van der Waals surface area (Å²) >= 11 is 2.18. The van der Waals surface area contributed by atoms with Gasteiger partial charge in [0.15, 0.2) is 29.3 Å². The van der Waals surface area contributed by atoms with E-state index in [2.05, 4.69) is 22.6 Å². The van der Waals surface area contributed by atoms with Gasteiger partial charge in [-0.25, -0.2) is 0 Å². The molecule has 0 radical (unpaired) electrons. The Morgan fingerprint density at radius 1 is 0.833 bits per heavy atom. The third kappa shape index (κ3) is 4.70. The molecule has 30 heavy (non-hydrogen) atoms. The highest BCUT2D eigenvalue weighted by Gasteiger charge is 2.30. The average Bonchev–Trinajstić information content (AvgIpc) is 3.23. The fraction of sp³-hybridized carbons (Fsp3) is 0.455. The van der Waals surface area contributed by atoms with E-state index < -0.39 is 6.29 Å². The van der Waals surface area contributed by atoms with Crippen LogP contribution in [0.15, 0.2) is 24.3 Å². The molecule has 2 aromatic carbocycles. The molecular formula is C22H27IO7. The molecule has 0 bridgehead atoms. The largest absolute Gasteiger partial charge is 0.493 e. The van der Waals surface area contributed by atoms with Gasteiger partial charge in [0.2, 0.25) is 5.75 Å². The maximum Gasteiger partial charge on any atom is 0.203 e. The molecular weight excluding hydrogens is 503 g/mol. The van der Waals surface area contributed by atoms with Crippen molar-refractivity contribution in [3.05, 3.63) is 39.0 Å². The van der Waals surface area contributed by atoms with Gasteiger partial charge in [-0.1, -0.05) is 0 Å². The number of hydrogen-bond acceptors (Lipinski definition) is 7. The Hall–Kier alpha value is -1.91. The second-order valence-corrected chi connectivity index (χ2v) is 8.06. The Balaban J connectivity index is 1.86. The Bertz CT molecular complexity index is 859. The first-order chi connectivity index (χ1) is 14.4. The second kappa shape index (κ2) is 9.93. The molecule has 7 nitrogen and oxygen atoms in total. The second-order valence-electron chi connectivity index (χ2n) is 6.90. The zero-order chi connectivity index (χ0) is 21.8. The van der Waals surface area contributed by atoms with Gasteiger partial charge >= 0.3 is 0 Å². The summed E-state index contributed by atoms with van der Waals surface area (Å²) in [6.07, 6.45) is 0.605. The highest BCUT2D eigenvalue weighted by molar-refractivity contribution is 14.1. The molecule has 1 N–H and O–H groups in total. The van der Waals surface area contributed by atoms with E-state index >= 15 is 0 Å². The predicted octanol–water partition coefficient (Wildman–Crippen LogP) is 4.64. The third-order valence-electron chi connectivity index (χ3n) is 4.99. The van der Waals surface area contributed by atoms with Crippen LogP contribution >= 0.6 is 22.6 Å². The van der Waals surface area contributed by atoms with E-state index in [1.165, 1.54) is 0 Å². The van der Waals surface area contributed by atoms with E-state index in [4.69, 9.17) is 28.4 Å². The Morgan fingerprint density at radius 2 is 1.30 bits per heavy atom. The summed E-state index contributed by atoms with van der Waals surface area (Å²) in [6.45, 7) is 1.56. The minimum atomic E-state index is -0.926. The van der Waals surface area contributed by atoms with E-state index in [0.717, 1.165) is 27.5 Å². The smallest absolute Gasteiger partial charge is 0.203 e. The van der Waals surface area contributed by atoms with Crippen LogP contribution in [0, 0.1) is 3.57 Å². The monoisotopic (exact) mass is 530 g/mol. The average molecular weight is 530 g/mol. The summed E-state index contributed by atoms with van der Waals surface area (Å²) in [5, 5.41) is 9.58. The standard InChI is InChI=1S/C22H27IO7/c1-12(24)29-21-15(23)8-13(9-18(21)25-2)16-6-7-17(30-16)14-10-19(26-3)22(28-5)20(11-14)27-4/h8-12,16-17,24H,6-7H2,1-5H3/t12?,16-,17-/m0/s1. The van der Waals surface area contributed by atoms with Gasteiger partial charge in [-0.15, -0.1) is 0 Å². The zero-order valence-corrected chi connectivity index (χ0v) is 19.9. The summed E-state index contributed by atoms with van der Waals surface area (Å²) in [4.78, 5) is 0. The molecule has 1 unspecified atom stereocenters. The first-order valence-electron chi connectivity index (χ1n) is 9.59. The van der Waals surface area contributed by atoms with E-state index in [0.29, 0.717) is 28.7 Å². The molecule has 1 saturated heterocycles. The van der Waals surface area contributed by atoms with Crippen LogP contribution in [-0.4, -0.2) is 39.8 Å². The number of methoxy groups -OCH3 is 4. The SMILES string of the molecule is COc1cc([C@@H]2CC[C@@H](c3cc(OC)c(OC)c(OC)c3)O2)cc(I)c1OC(C)O. The molecule has 1 fully saturated rings. The fourth-order valence-electron chi connectivity index (χ4n) is 3.63. The number of rotatable bonds is 8. The summed E-state index contributed by atoms with van der Waals surface area (Å²) in [7, 11) is 6.37. The number of aliphatic hydroxyl groups is 1. The van der Waals surface area contributed by atoms with Crippen molar-refractivity contribution in [1.82, 2.24) is 0 Å². The summed E-state index contributed by atoms with van der Waals surface area (Å²) in [6, 6.07) is 7.77. The molecule has 1 heterocycles. The molecule has 0 saturated carbocycles. The molecule has 1 aliphatic rings. The van der Waals surface area contributed by atoms with Crippen molar-refractivity contribution in [2.75, 3.05) is 28.4 Å². The molecule has 0 aromatic heterocycles. The van der Waals surface area contributed by atoms with Crippen LogP contribution < -0.4 is 23.7 Å². The summed E-state index contributed by atoms with van der Waals surface area (Å²) in [5.74, 6) is 2.87. The predicted molar refractivity (Wildman–Crippen MR) is 120 cm³/mol. The molecule has 8 heteroatoms. The Morgan fingerprint density at radius 3 is 1.73 bits per heavy atom. The number of hydrogen-bond donors (Lipinski definition) is 1. The van der Waals surface area contributed by atoms with Crippen molar-refractivity contribution in [1.29, 1.82) is 0 Å². The van der Waals surface area contributed by atoms with Gasteiger partial charge in [0.1, 0.15) is 0 Å². The Kier molecular flexibility index (Phi) is 7.54. The number of halogens is 1. The third-order valence-corrected chi connectivity index (χ3v) is 5.79. The molecule has 1 aliphatic heterocycles. The molecule has 2 aromatic rings. The summed E-state index contributed by atoms with van der Waals surface area (Å²) < 4.78 is 34.5. The normalized spacial score (nSPS) is 19.3. The number of benzene rings is 2. The van der Waals surface area contributed by atoms with Crippen LogP contribution in [0.2, 0.25) is 0 Å². The van der Waals surface area contributed by atoms with Gasteiger partial charge in [0.05, 0.1) is 44.2 Å². The minimum Gasteiger partial charge on any atom is -0.493 e. The maximum atomic E-state index is 9.58. The molecule has 0 spiro atoms. The van der Waals surface area contributed by atoms with E-state index in [1.807, 2.05) is 24.3 Å². The van der Waals surface area contributed by atoms with Crippen LogP contribution in [0.4, 0.5) is 0 Å². The fourth-order valence-corrected chi connectivity index (χ4v) is 4.38. The van der Waals surface area contributed by atoms with Gasteiger partial charge < -0.3 is 33.5 Å². The van der Waals surface area contributed by atoms with Gasteiger partial charge in [0, 0.05) is 0 Å². The van der Waals surface area contributed by atoms with Crippen molar-refractivity contribution in [2.24, 2.45) is 0 Å². The van der Waals surface area contributed by atoms with Gasteiger partial charge in [-0.2, -0.15) is 0 Å². The highest BCUT2D eigenvalue weighted by atomic mass is 127. The minimum absolute atomic E-state index is 0.0860. The molecule has 3 rings (SSSR count). The van der Waals surface area contributed by atoms with Crippen LogP contribution in [-0.2, 0) is 4.74 Å². The lowest BCUT2D eigenvalue weighted by molar-refractivity contribution is -0.00286. The van der Waals surface area contributed by atoms with Crippen LogP contribution in [0.1, 0.15) is 43.1 Å². The number of aliphatic hydroxyl groups excluding tert-OH is 1. The quantitative estimate of drug-likeness (QED) is 0.394. The van der Waals surface area contributed by atoms with Crippen LogP contribution in [0.5, 0.6) is 28.7 Å². The van der Waals surface area contributed by atoms with E-state index in [1.54, 1.807) is 35.4 Å². The van der Waals surface area contributed by atoms with Crippen molar-refractivity contribution in [2.45, 2.75) is 38.3 Å². The molecule has 0 aliphatic carbocycles. The highest BCUT2D eigenvalue weighted by Crippen LogP contribution is 2.47. The van der Waals surface area contributed by atoms with Crippen molar-refractivity contribution in [3.8, 4) is 28.7 Å². The Labute approximate surface area is 190 Å². The first-order valence-corrected chi connectivity index (χ1v) is 10.7. The summed E-state index contributed by atoms with van der Waals surface area (Å²) in [5.41, 5.74) is 1.98. The lowest BCUT2D eigenvalue weighted by Crippen LogP contribution is -2.12. The molecule has 0 amide bonds. The van der Waals surface area contributed by atoms with Crippen molar-refractivity contribution < 1.29 is 33.5 Å². The van der Waals surface area contributed by atoms with Crippen LogP contribution in [0.25, 0.3) is 0 Å². The van der Waals surface area contributed by atoms with E-state index in [9.17, 15) is 5.11 Å². The lowest BCUT2D eigenvalue weighted by Gasteiger charge is -2.20. The molecule has 3 atom stereocenters. The van der Waals surface area contributed by atoms with Gasteiger partial charge in [0.25, 0.3) is 0 Å². The molecule has 164 valence electrons.